The number of carbonyl (C=O) groups excluding carboxylic acids is 1. The third kappa shape index (κ3) is 3.68. The molecule has 1 amide bonds. The first kappa shape index (κ1) is 13.8. The van der Waals surface area contributed by atoms with Crippen molar-refractivity contribution in [2.75, 3.05) is 5.32 Å². The van der Waals surface area contributed by atoms with Crippen molar-refractivity contribution in [2.24, 2.45) is 11.7 Å². The van der Waals surface area contributed by atoms with Gasteiger partial charge in [0.2, 0.25) is 5.91 Å². The van der Waals surface area contributed by atoms with Gasteiger partial charge in [0.1, 0.15) is 0 Å². The maximum atomic E-state index is 12.1. The number of nitrogens with two attached hydrogens (primary N) is 1. The quantitative estimate of drug-likeness (QED) is 0.816. The third-order valence-electron chi connectivity index (χ3n) is 3.57. The van der Waals surface area contributed by atoms with E-state index in [1.807, 2.05) is 24.3 Å². The van der Waals surface area contributed by atoms with Gasteiger partial charge in [0.15, 0.2) is 0 Å². The molecule has 4 heteroatoms. The van der Waals surface area contributed by atoms with E-state index in [2.05, 4.69) is 27.9 Å². The van der Waals surface area contributed by atoms with Crippen LogP contribution in [0.25, 0.3) is 0 Å². The number of hydrogen-bond acceptors (Lipinski definition) is 2. The Morgan fingerprint density at radius 2 is 1.83 bits per heavy atom. The fourth-order valence-electron chi connectivity index (χ4n) is 2.47. The number of hydrogen-bond donors (Lipinski definition) is 2. The molecule has 0 spiro atoms. The zero-order valence-corrected chi connectivity index (χ0v) is 12.5. The highest BCUT2D eigenvalue weighted by atomic mass is 127. The van der Waals surface area contributed by atoms with E-state index in [0.717, 1.165) is 22.1 Å². The summed E-state index contributed by atoms with van der Waals surface area (Å²) in [5.41, 5.74) is 6.88. The van der Waals surface area contributed by atoms with Crippen molar-refractivity contribution in [3.05, 3.63) is 27.8 Å². The topological polar surface area (TPSA) is 55.1 Å². The van der Waals surface area contributed by atoms with E-state index in [1.54, 1.807) is 0 Å². The van der Waals surface area contributed by atoms with Crippen molar-refractivity contribution >= 4 is 34.2 Å². The molecule has 1 aliphatic carbocycles. The van der Waals surface area contributed by atoms with Crippen LogP contribution in [0.2, 0.25) is 0 Å². The summed E-state index contributed by atoms with van der Waals surface area (Å²) in [6.45, 7) is 0. The molecular formula is C14H19IN2O. The highest BCUT2D eigenvalue weighted by molar-refractivity contribution is 14.1. The minimum Gasteiger partial charge on any atom is -0.325 e. The molecule has 1 aliphatic rings. The number of amides is 1. The molecule has 1 atom stereocenters. The van der Waals surface area contributed by atoms with Crippen LogP contribution in [0.4, 0.5) is 5.69 Å². The Morgan fingerprint density at radius 3 is 2.44 bits per heavy atom. The van der Waals surface area contributed by atoms with Crippen molar-refractivity contribution < 1.29 is 4.79 Å². The SMILES string of the molecule is NC(C(=O)Nc1ccc(I)cc1)C1CCCCC1. The molecule has 0 bridgehead atoms. The maximum Gasteiger partial charge on any atom is 0.241 e. The lowest BCUT2D eigenvalue weighted by Gasteiger charge is -2.26. The molecule has 2 rings (SSSR count). The van der Waals surface area contributed by atoms with E-state index in [0.29, 0.717) is 5.92 Å². The van der Waals surface area contributed by atoms with Gasteiger partial charge < -0.3 is 11.1 Å². The van der Waals surface area contributed by atoms with Crippen LogP contribution >= 0.6 is 22.6 Å². The fourth-order valence-corrected chi connectivity index (χ4v) is 2.83. The second-order valence-electron chi connectivity index (χ2n) is 4.92. The Hall–Kier alpha value is -0.620. The Morgan fingerprint density at radius 1 is 1.22 bits per heavy atom. The molecule has 1 unspecified atom stereocenters. The summed E-state index contributed by atoms with van der Waals surface area (Å²) >= 11 is 2.24. The lowest BCUT2D eigenvalue weighted by molar-refractivity contribution is -0.118. The summed E-state index contributed by atoms with van der Waals surface area (Å²) in [6, 6.07) is 7.40. The van der Waals surface area contributed by atoms with Crippen molar-refractivity contribution in [1.82, 2.24) is 0 Å². The van der Waals surface area contributed by atoms with Crippen LogP contribution in [-0.2, 0) is 4.79 Å². The summed E-state index contributed by atoms with van der Waals surface area (Å²) in [5, 5.41) is 2.90. The first-order chi connectivity index (χ1) is 8.66. The van der Waals surface area contributed by atoms with Crippen molar-refractivity contribution in [3.63, 3.8) is 0 Å². The monoisotopic (exact) mass is 358 g/mol. The smallest absolute Gasteiger partial charge is 0.241 e. The van der Waals surface area contributed by atoms with Gasteiger partial charge in [0.05, 0.1) is 6.04 Å². The zero-order chi connectivity index (χ0) is 13.0. The van der Waals surface area contributed by atoms with E-state index in [4.69, 9.17) is 5.73 Å². The van der Waals surface area contributed by atoms with Crippen molar-refractivity contribution in [3.8, 4) is 0 Å². The predicted octanol–water partition coefficient (Wildman–Crippen LogP) is 3.14. The Kier molecular flexibility index (Phi) is 5.00. The predicted molar refractivity (Wildman–Crippen MR) is 82.3 cm³/mol. The van der Waals surface area contributed by atoms with Gasteiger partial charge in [-0.1, -0.05) is 19.3 Å². The maximum absolute atomic E-state index is 12.1. The summed E-state index contributed by atoms with van der Waals surface area (Å²) < 4.78 is 1.15. The number of benzene rings is 1. The molecule has 0 aromatic heterocycles. The van der Waals surface area contributed by atoms with Crippen LogP contribution in [0.5, 0.6) is 0 Å². The molecule has 0 heterocycles. The molecule has 98 valence electrons. The molecule has 0 saturated heterocycles. The fraction of sp³-hybridized carbons (Fsp3) is 0.500. The van der Waals surface area contributed by atoms with Crippen LogP contribution in [0.3, 0.4) is 0 Å². The molecule has 0 aliphatic heterocycles. The van der Waals surface area contributed by atoms with E-state index in [-0.39, 0.29) is 11.9 Å². The standard InChI is InChI=1S/C14H19IN2O/c15-11-6-8-12(9-7-11)17-14(18)13(16)10-4-2-1-3-5-10/h6-10,13H,1-5,16H2,(H,17,18). The van der Waals surface area contributed by atoms with E-state index < -0.39 is 0 Å². The number of carbonyl (C=O) groups is 1. The van der Waals surface area contributed by atoms with E-state index in [1.165, 1.54) is 19.3 Å². The normalized spacial score (nSPS) is 18.3. The zero-order valence-electron chi connectivity index (χ0n) is 10.4. The van der Waals surface area contributed by atoms with Crippen LogP contribution in [0, 0.1) is 9.49 Å². The minimum atomic E-state index is -0.371. The van der Waals surface area contributed by atoms with Gasteiger partial charge >= 0.3 is 0 Å². The summed E-state index contributed by atoms with van der Waals surface area (Å²) in [7, 11) is 0. The lowest BCUT2D eigenvalue weighted by atomic mass is 9.84. The number of anilines is 1. The van der Waals surface area contributed by atoms with Gasteiger partial charge in [-0.15, -0.1) is 0 Å². The molecule has 1 fully saturated rings. The van der Waals surface area contributed by atoms with Gasteiger partial charge in [-0.3, -0.25) is 4.79 Å². The highest BCUT2D eigenvalue weighted by Gasteiger charge is 2.25. The van der Waals surface area contributed by atoms with Crippen molar-refractivity contribution in [1.29, 1.82) is 0 Å². The molecule has 3 N–H and O–H groups in total. The van der Waals surface area contributed by atoms with Crippen molar-refractivity contribution in [2.45, 2.75) is 38.1 Å². The molecule has 0 radical (unpaired) electrons. The molecule has 1 aromatic carbocycles. The Balaban J connectivity index is 1.92. The summed E-state index contributed by atoms with van der Waals surface area (Å²) in [6.07, 6.45) is 5.86. The number of halogens is 1. The van der Waals surface area contributed by atoms with Crippen LogP contribution < -0.4 is 11.1 Å². The van der Waals surface area contributed by atoms with Crippen LogP contribution in [-0.4, -0.2) is 11.9 Å². The largest absolute Gasteiger partial charge is 0.325 e. The van der Waals surface area contributed by atoms with Gasteiger partial charge in [0.25, 0.3) is 0 Å². The highest BCUT2D eigenvalue weighted by Crippen LogP contribution is 2.26. The average Bonchev–Trinajstić information content (AvgIpc) is 2.41. The lowest BCUT2D eigenvalue weighted by Crippen LogP contribution is -2.42. The molecule has 1 saturated carbocycles. The van der Waals surface area contributed by atoms with Gasteiger partial charge in [-0.05, 0) is 65.6 Å². The van der Waals surface area contributed by atoms with Gasteiger partial charge in [-0.2, -0.15) is 0 Å². The van der Waals surface area contributed by atoms with Gasteiger partial charge in [0, 0.05) is 9.26 Å². The van der Waals surface area contributed by atoms with Crippen LogP contribution in [0.15, 0.2) is 24.3 Å². The minimum absolute atomic E-state index is 0.0527. The average molecular weight is 358 g/mol. The summed E-state index contributed by atoms with van der Waals surface area (Å²) in [5.74, 6) is 0.297. The Labute approximate surface area is 122 Å². The molecule has 1 aromatic rings. The second kappa shape index (κ2) is 6.52. The first-order valence-electron chi connectivity index (χ1n) is 6.49. The Bertz CT molecular complexity index is 399. The molecular weight excluding hydrogens is 339 g/mol. The summed E-state index contributed by atoms with van der Waals surface area (Å²) in [4.78, 5) is 12.1. The van der Waals surface area contributed by atoms with E-state index >= 15 is 0 Å². The van der Waals surface area contributed by atoms with E-state index in [9.17, 15) is 4.79 Å². The first-order valence-corrected chi connectivity index (χ1v) is 7.57. The van der Waals surface area contributed by atoms with Crippen LogP contribution in [0.1, 0.15) is 32.1 Å². The van der Waals surface area contributed by atoms with Gasteiger partial charge in [-0.25, -0.2) is 0 Å². The third-order valence-corrected chi connectivity index (χ3v) is 4.29. The number of rotatable bonds is 3. The molecule has 3 nitrogen and oxygen atoms in total. The number of nitrogens with one attached hydrogen (secondary N) is 1. The second-order valence-corrected chi connectivity index (χ2v) is 6.17. The molecule has 18 heavy (non-hydrogen) atoms.